The fraction of sp³-hybridized carbons (Fsp3) is 0.636. The van der Waals surface area contributed by atoms with Crippen LogP contribution in [-0.2, 0) is 10.5 Å². The normalized spacial score (nSPS) is 17.1. The summed E-state index contributed by atoms with van der Waals surface area (Å²) in [5.74, 6) is 1.66. The van der Waals surface area contributed by atoms with Gasteiger partial charge in [-0.2, -0.15) is 0 Å². The third-order valence-electron chi connectivity index (χ3n) is 2.45. The van der Waals surface area contributed by atoms with Crippen LogP contribution in [0.3, 0.4) is 0 Å². The van der Waals surface area contributed by atoms with Gasteiger partial charge >= 0.3 is 0 Å². The molecule has 16 heavy (non-hydrogen) atoms. The van der Waals surface area contributed by atoms with E-state index in [1.165, 1.54) is 0 Å². The van der Waals surface area contributed by atoms with Crippen LogP contribution in [-0.4, -0.2) is 22.4 Å². The van der Waals surface area contributed by atoms with Crippen LogP contribution in [0.4, 0.5) is 0 Å². The minimum absolute atomic E-state index is 0.0300. The highest BCUT2D eigenvalue weighted by atomic mass is 32.2. The van der Waals surface area contributed by atoms with E-state index in [-0.39, 0.29) is 11.2 Å². The van der Waals surface area contributed by atoms with E-state index in [0.29, 0.717) is 6.04 Å². The highest BCUT2D eigenvalue weighted by molar-refractivity contribution is 7.99. The van der Waals surface area contributed by atoms with Crippen LogP contribution in [0.1, 0.15) is 31.2 Å². The molecule has 0 bridgehead atoms. The molecule has 2 rings (SSSR count). The van der Waals surface area contributed by atoms with Crippen molar-refractivity contribution in [3.05, 3.63) is 17.5 Å². The standard InChI is InChI=1S/C11H16N2O2S/c1-7-5-10(13-15-7)6-16-8(2)11(14)12-9-3-4-9/h5,8-9H,3-4,6H2,1-2H3,(H,12,14). The fourth-order valence-corrected chi connectivity index (χ4v) is 2.09. The van der Waals surface area contributed by atoms with Gasteiger partial charge in [-0.05, 0) is 26.7 Å². The maximum absolute atomic E-state index is 11.6. The maximum atomic E-state index is 11.6. The molecule has 1 aliphatic rings. The van der Waals surface area contributed by atoms with Crippen LogP contribution < -0.4 is 5.32 Å². The van der Waals surface area contributed by atoms with Crippen molar-refractivity contribution >= 4 is 17.7 Å². The van der Waals surface area contributed by atoms with Gasteiger partial charge in [0.05, 0.1) is 10.9 Å². The molecular formula is C11H16N2O2S. The monoisotopic (exact) mass is 240 g/mol. The second kappa shape index (κ2) is 4.91. The lowest BCUT2D eigenvalue weighted by Crippen LogP contribution is -2.32. The summed E-state index contributed by atoms with van der Waals surface area (Å²) >= 11 is 1.59. The van der Waals surface area contributed by atoms with Gasteiger partial charge in [0.2, 0.25) is 5.91 Å². The van der Waals surface area contributed by atoms with Gasteiger partial charge in [-0.25, -0.2) is 0 Å². The molecule has 1 heterocycles. The summed E-state index contributed by atoms with van der Waals surface area (Å²) in [6.45, 7) is 3.79. The zero-order valence-corrected chi connectivity index (χ0v) is 10.3. The van der Waals surface area contributed by atoms with Gasteiger partial charge in [0, 0.05) is 17.9 Å². The Morgan fingerprint density at radius 1 is 1.75 bits per heavy atom. The quantitative estimate of drug-likeness (QED) is 0.854. The van der Waals surface area contributed by atoms with Gasteiger partial charge in [0.1, 0.15) is 5.76 Å². The highest BCUT2D eigenvalue weighted by Gasteiger charge is 2.25. The average Bonchev–Trinajstić information content (AvgIpc) is 2.96. The molecule has 4 nitrogen and oxygen atoms in total. The molecule has 1 aliphatic carbocycles. The Balaban J connectivity index is 1.73. The Kier molecular flexibility index (Phi) is 3.53. The van der Waals surface area contributed by atoms with Crippen LogP contribution in [0.15, 0.2) is 10.6 Å². The number of rotatable bonds is 5. The number of aryl methyl sites for hydroxylation is 1. The second-order valence-electron chi connectivity index (χ2n) is 4.16. The molecule has 1 fully saturated rings. The van der Waals surface area contributed by atoms with E-state index in [9.17, 15) is 4.79 Å². The minimum Gasteiger partial charge on any atom is -0.361 e. The molecule has 0 spiro atoms. The lowest BCUT2D eigenvalue weighted by Gasteiger charge is -2.09. The summed E-state index contributed by atoms with van der Waals surface area (Å²) in [6, 6.07) is 2.34. The summed E-state index contributed by atoms with van der Waals surface area (Å²) in [5, 5.41) is 6.85. The van der Waals surface area contributed by atoms with Crippen molar-refractivity contribution in [1.82, 2.24) is 10.5 Å². The zero-order valence-electron chi connectivity index (χ0n) is 9.53. The van der Waals surface area contributed by atoms with Gasteiger partial charge in [-0.1, -0.05) is 5.16 Å². The summed E-state index contributed by atoms with van der Waals surface area (Å²) < 4.78 is 4.97. The first-order valence-corrected chi connectivity index (χ1v) is 6.54. The van der Waals surface area contributed by atoms with E-state index in [2.05, 4.69) is 10.5 Å². The molecule has 1 aromatic rings. The smallest absolute Gasteiger partial charge is 0.233 e. The molecule has 0 aromatic carbocycles. The van der Waals surface area contributed by atoms with Gasteiger partial charge in [0.15, 0.2) is 0 Å². The van der Waals surface area contributed by atoms with Crippen LogP contribution >= 0.6 is 11.8 Å². The fourth-order valence-electron chi connectivity index (χ4n) is 1.32. The number of hydrogen-bond donors (Lipinski definition) is 1. The van der Waals surface area contributed by atoms with E-state index in [1.807, 2.05) is 19.9 Å². The molecule has 5 heteroatoms. The Labute approximate surface area is 99.1 Å². The van der Waals surface area contributed by atoms with Crippen LogP contribution in [0.5, 0.6) is 0 Å². The zero-order chi connectivity index (χ0) is 11.5. The molecule has 1 saturated carbocycles. The van der Waals surface area contributed by atoms with E-state index in [4.69, 9.17) is 4.52 Å². The van der Waals surface area contributed by atoms with Crippen molar-refractivity contribution in [1.29, 1.82) is 0 Å². The van der Waals surface area contributed by atoms with E-state index in [0.717, 1.165) is 30.0 Å². The van der Waals surface area contributed by atoms with Crippen molar-refractivity contribution in [2.45, 2.75) is 43.7 Å². The largest absolute Gasteiger partial charge is 0.361 e. The number of nitrogens with one attached hydrogen (secondary N) is 1. The van der Waals surface area contributed by atoms with Crippen LogP contribution in [0.2, 0.25) is 0 Å². The molecule has 1 unspecified atom stereocenters. The maximum Gasteiger partial charge on any atom is 0.233 e. The molecule has 1 atom stereocenters. The number of aromatic nitrogens is 1. The summed E-state index contributed by atoms with van der Waals surface area (Å²) in [6.07, 6.45) is 2.26. The van der Waals surface area contributed by atoms with Crippen LogP contribution in [0, 0.1) is 6.92 Å². The van der Waals surface area contributed by atoms with E-state index in [1.54, 1.807) is 11.8 Å². The Bertz CT molecular complexity index is 374. The first-order chi connectivity index (χ1) is 7.65. The van der Waals surface area contributed by atoms with Crippen molar-refractivity contribution in [2.75, 3.05) is 0 Å². The second-order valence-corrected chi connectivity index (χ2v) is 5.49. The lowest BCUT2D eigenvalue weighted by molar-refractivity contribution is -0.120. The molecule has 0 saturated heterocycles. The van der Waals surface area contributed by atoms with Gasteiger partial charge in [-0.3, -0.25) is 4.79 Å². The Morgan fingerprint density at radius 3 is 3.06 bits per heavy atom. The van der Waals surface area contributed by atoms with Crippen molar-refractivity contribution in [3.8, 4) is 0 Å². The lowest BCUT2D eigenvalue weighted by atomic mass is 10.4. The average molecular weight is 240 g/mol. The summed E-state index contributed by atoms with van der Waals surface area (Å²) in [7, 11) is 0. The van der Waals surface area contributed by atoms with Gasteiger partial charge in [0.25, 0.3) is 0 Å². The third kappa shape index (κ3) is 3.27. The van der Waals surface area contributed by atoms with E-state index < -0.39 is 0 Å². The summed E-state index contributed by atoms with van der Waals surface area (Å²) in [4.78, 5) is 11.6. The Hall–Kier alpha value is -0.970. The predicted molar refractivity (Wildman–Crippen MR) is 63.2 cm³/mol. The summed E-state index contributed by atoms with van der Waals surface area (Å²) in [5.41, 5.74) is 0.897. The number of carbonyl (C=O) groups is 1. The topological polar surface area (TPSA) is 55.1 Å². The minimum atomic E-state index is -0.0300. The highest BCUT2D eigenvalue weighted by Crippen LogP contribution is 2.22. The molecule has 1 amide bonds. The number of carbonyl (C=O) groups excluding carboxylic acids is 1. The Morgan fingerprint density at radius 2 is 2.50 bits per heavy atom. The van der Waals surface area contributed by atoms with Crippen molar-refractivity contribution in [3.63, 3.8) is 0 Å². The van der Waals surface area contributed by atoms with Crippen molar-refractivity contribution < 1.29 is 9.32 Å². The van der Waals surface area contributed by atoms with Crippen LogP contribution in [0.25, 0.3) is 0 Å². The van der Waals surface area contributed by atoms with Gasteiger partial charge < -0.3 is 9.84 Å². The number of nitrogens with zero attached hydrogens (tertiary/aromatic N) is 1. The number of thioether (sulfide) groups is 1. The molecule has 1 aromatic heterocycles. The molecule has 88 valence electrons. The van der Waals surface area contributed by atoms with E-state index >= 15 is 0 Å². The number of amides is 1. The third-order valence-corrected chi connectivity index (χ3v) is 3.63. The molecule has 0 radical (unpaired) electrons. The predicted octanol–water partition coefficient (Wildman–Crippen LogP) is 1.88. The molecule has 1 N–H and O–H groups in total. The first kappa shape index (κ1) is 11.5. The first-order valence-electron chi connectivity index (χ1n) is 5.49. The van der Waals surface area contributed by atoms with Crippen molar-refractivity contribution in [2.24, 2.45) is 0 Å². The SMILES string of the molecule is Cc1cc(CSC(C)C(=O)NC2CC2)no1. The molecular weight excluding hydrogens is 224 g/mol. The van der Waals surface area contributed by atoms with Gasteiger partial charge in [-0.15, -0.1) is 11.8 Å². The molecule has 0 aliphatic heterocycles. The number of hydrogen-bond acceptors (Lipinski definition) is 4.